The minimum atomic E-state index is 0.715. The summed E-state index contributed by atoms with van der Waals surface area (Å²) < 4.78 is 5.69. The van der Waals surface area contributed by atoms with Gasteiger partial charge in [0.05, 0.1) is 6.61 Å². The molecule has 2 rings (SSSR count). The Morgan fingerprint density at radius 3 is 2.94 bits per heavy atom. The summed E-state index contributed by atoms with van der Waals surface area (Å²) in [6.07, 6.45) is 6.82. The first-order valence-electron chi connectivity index (χ1n) is 6.85. The van der Waals surface area contributed by atoms with Crippen LogP contribution in [0.15, 0.2) is 0 Å². The van der Waals surface area contributed by atoms with Crippen LogP contribution in [0.3, 0.4) is 0 Å². The predicted octanol–water partition coefficient (Wildman–Crippen LogP) is 1.49. The van der Waals surface area contributed by atoms with Gasteiger partial charge in [0.2, 0.25) is 0 Å². The third-order valence-corrected chi connectivity index (χ3v) is 3.78. The Labute approximate surface area is 99.5 Å². The SMILES string of the molecule is CN(CCOCC1CC1)C1CCCCNC1. The highest BCUT2D eigenvalue weighted by atomic mass is 16.5. The van der Waals surface area contributed by atoms with Crippen molar-refractivity contribution in [1.82, 2.24) is 10.2 Å². The molecule has 1 unspecified atom stereocenters. The van der Waals surface area contributed by atoms with E-state index in [0.29, 0.717) is 6.04 Å². The lowest BCUT2D eigenvalue weighted by Gasteiger charge is -2.26. The normalized spacial score (nSPS) is 27.0. The zero-order chi connectivity index (χ0) is 11.2. The lowest BCUT2D eigenvalue weighted by Crippen LogP contribution is -2.40. The first-order valence-corrected chi connectivity index (χ1v) is 6.85. The molecule has 1 heterocycles. The summed E-state index contributed by atoms with van der Waals surface area (Å²) in [5.41, 5.74) is 0. The van der Waals surface area contributed by atoms with Gasteiger partial charge in [-0.3, -0.25) is 4.90 Å². The maximum Gasteiger partial charge on any atom is 0.0593 e. The van der Waals surface area contributed by atoms with Crippen LogP contribution in [0, 0.1) is 5.92 Å². The van der Waals surface area contributed by atoms with Gasteiger partial charge in [-0.15, -0.1) is 0 Å². The van der Waals surface area contributed by atoms with Crippen LogP contribution in [0.2, 0.25) is 0 Å². The first-order chi connectivity index (χ1) is 7.86. The highest BCUT2D eigenvalue weighted by Crippen LogP contribution is 2.28. The molecular formula is C13H26N2O. The molecule has 3 nitrogen and oxygen atoms in total. The molecule has 2 fully saturated rings. The summed E-state index contributed by atoms with van der Waals surface area (Å²) in [6.45, 7) is 5.33. The zero-order valence-corrected chi connectivity index (χ0v) is 10.6. The standard InChI is InChI=1S/C13H26N2O/c1-15(8-9-16-11-12-5-6-12)13-4-2-3-7-14-10-13/h12-14H,2-11H2,1H3. The quantitative estimate of drug-likeness (QED) is 0.694. The molecule has 1 aliphatic carbocycles. The van der Waals surface area contributed by atoms with Crippen molar-refractivity contribution in [3.8, 4) is 0 Å². The molecule has 0 aromatic heterocycles. The largest absolute Gasteiger partial charge is 0.380 e. The molecular weight excluding hydrogens is 200 g/mol. The van der Waals surface area contributed by atoms with Crippen LogP contribution in [0.1, 0.15) is 32.1 Å². The molecule has 0 bridgehead atoms. The van der Waals surface area contributed by atoms with Gasteiger partial charge in [-0.05, 0) is 45.2 Å². The van der Waals surface area contributed by atoms with Gasteiger partial charge in [-0.2, -0.15) is 0 Å². The number of nitrogens with zero attached hydrogens (tertiary/aromatic N) is 1. The summed E-state index contributed by atoms with van der Waals surface area (Å²) >= 11 is 0. The van der Waals surface area contributed by atoms with Crippen LogP contribution in [0.5, 0.6) is 0 Å². The van der Waals surface area contributed by atoms with Crippen molar-refractivity contribution < 1.29 is 4.74 Å². The van der Waals surface area contributed by atoms with E-state index < -0.39 is 0 Å². The minimum Gasteiger partial charge on any atom is -0.380 e. The Morgan fingerprint density at radius 1 is 1.25 bits per heavy atom. The molecule has 0 amide bonds. The monoisotopic (exact) mass is 226 g/mol. The molecule has 1 N–H and O–H groups in total. The maximum atomic E-state index is 5.69. The second kappa shape index (κ2) is 6.58. The molecule has 0 aromatic carbocycles. The summed E-state index contributed by atoms with van der Waals surface area (Å²) in [6, 6.07) is 0.715. The van der Waals surface area contributed by atoms with Crippen molar-refractivity contribution in [1.29, 1.82) is 0 Å². The summed E-state index contributed by atoms with van der Waals surface area (Å²) in [4.78, 5) is 2.46. The van der Waals surface area contributed by atoms with E-state index >= 15 is 0 Å². The maximum absolute atomic E-state index is 5.69. The first kappa shape index (κ1) is 12.3. The molecule has 1 saturated heterocycles. The smallest absolute Gasteiger partial charge is 0.0593 e. The molecule has 0 radical (unpaired) electrons. The van der Waals surface area contributed by atoms with E-state index in [-0.39, 0.29) is 0 Å². The average Bonchev–Trinajstić information content (AvgIpc) is 3.10. The molecule has 1 aliphatic heterocycles. The Morgan fingerprint density at radius 2 is 2.12 bits per heavy atom. The summed E-state index contributed by atoms with van der Waals surface area (Å²) in [7, 11) is 2.23. The van der Waals surface area contributed by atoms with E-state index in [9.17, 15) is 0 Å². The fourth-order valence-electron chi connectivity index (χ4n) is 2.30. The Kier molecular flexibility index (Phi) is 5.07. The van der Waals surface area contributed by atoms with Gasteiger partial charge in [-0.25, -0.2) is 0 Å². The molecule has 94 valence electrons. The molecule has 3 heteroatoms. The summed E-state index contributed by atoms with van der Waals surface area (Å²) in [5.74, 6) is 0.893. The molecule has 16 heavy (non-hydrogen) atoms. The van der Waals surface area contributed by atoms with Crippen molar-refractivity contribution in [3.05, 3.63) is 0 Å². The predicted molar refractivity (Wildman–Crippen MR) is 66.7 cm³/mol. The van der Waals surface area contributed by atoms with Gasteiger partial charge in [0, 0.05) is 25.7 Å². The van der Waals surface area contributed by atoms with Crippen molar-refractivity contribution in [2.24, 2.45) is 5.92 Å². The van der Waals surface area contributed by atoms with Gasteiger partial charge in [0.15, 0.2) is 0 Å². The number of ether oxygens (including phenoxy) is 1. The van der Waals surface area contributed by atoms with Gasteiger partial charge < -0.3 is 10.1 Å². The topological polar surface area (TPSA) is 24.5 Å². The molecule has 1 atom stereocenters. The third kappa shape index (κ3) is 4.40. The van der Waals surface area contributed by atoms with Gasteiger partial charge >= 0.3 is 0 Å². The van der Waals surface area contributed by atoms with E-state index in [4.69, 9.17) is 4.74 Å². The van der Waals surface area contributed by atoms with Crippen LogP contribution in [-0.4, -0.2) is 50.8 Å². The van der Waals surface area contributed by atoms with Crippen LogP contribution >= 0.6 is 0 Å². The van der Waals surface area contributed by atoms with E-state index in [0.717, 1.165) is 32.2 Å². The molecule has 0 spiro atoms. The van der Waals surface area contributed by atoms with Crippen LogP contribution in [-0.2, 0) is 4.74 Å². The Hall–Kier alpha value is -0.120. The molecule has 1 saturated carbocycles. The third-order valence-electron chi connectivity index (χ3n) is 3.78. The van der Waals surface area contributed by atoms with Crippen molar-refractivity contribution in [3.63, 3.8) is 0 Å². The number of likely N-dealkylation sites (N-methyl/N-ethyl adjacent to an activating group) is 1. The number of hydrogen-bond donors (Lipinski definition) is 1. The van der Waals surface area contributed by atoms with Crippen molar-refractivity contribution >= 4 is 0 Å². The van der Waals surface area contributed by atoms with E-state index in [2.05, 4.69) is 17.3 Å². The molecule has 0 aromatic rings. The number of nitrogens with one attached hydrogen (secondary N) is 1. The fourth-order valence-corrected chi connectivity index (χ4v) is 2.30. The zero-order valence-electron chi connectivity index (χ0n) is 10.6. The van der Waals surface area contributed by atoms with Crippen LogP contribution < -0.4 is 5.32 Å². The lowest BCUT2D eigenvalue weighted by molar-refractivity contribution is 0.0903. The van der Waals surface area contributed by atoms with Gasteiger partial charge in [0.1, 0.15) is 0 Å². The van der Waals surface area contributed by atoms with Gasteiger partial charge in [-0.1, -0.05) is 6.42 Å². The lowest BCUT2D eigenvalue weighted by atomic mass is 10.1. The van der Waals surface area contributed by atoms with Crippen molar-refractivity contribution in [2.45, 2.75) is 38.1 Å². The van der Waals surface area contributed by atoms with E-state index in [1.165, 1.54) is 38.6 Å². The van der Waals surface area contributed by atoms with E-state index in [1.807, 2.05) is 0 Å². The minimum absolute atomic E-state index is 0.715. The Bertz CT molecular complexity index is 186. The molecule has 2 aliphatic rings. The Balaban J connectivity index is 1.55. The second-order valence-corrected chi connectivity index (χ2v) is 5.35. The highest BCUT2D eigenvalue weighted by molar-refractivity contribution is 4.75. The van der Waals surface area contributed by atoms with Crippen molar-refractivity contribution in [2.75, 3.05) is 39.9 Å². The van der Waals surface area contributed by atoms with Crippen LogP contribution in [0.25, 0.3) is 0 Å². The number of hydrogen-bond acceptors (Lipinski definition) is 3. The van der Waals surface area contributed by atoms with E-state index in [1.54, 1.807) is 0 Å². The second-order valence-electron chi connectivity index (χ2n) is 5.35. The fraction of sp³-hybridized carbons (Fsp3) is 1.00. The number of rotatable bonds is 6. The average molecular weight is 226 g/mol. The highest BCUT2D eigenvalue weighted by Gasteiger charge is 2.21. The summed E-state index contributed by atoms with van der Waals surface area (Å²) in [5, 5.41) is 3.51. The van der Waals surface area contributed by atoms with Gasteiger partial charge in [0.25, 0.3) is 0 Å². The van der Waals surface area contributed by atoms with Crippen LogP contribution in [0.4, 0.5) is 0 Å².